The number of rotatable bonds is 3. The SMILES string of the molecule is OC1CCN(c2ccc(/C=C/c3ccncc3)cc2)C1. The van der Waals surface area contributed by atoms with Gasteiger partial charge in [0.05, 0.1) is 6.10 Å². The highest BCUT2D eigenvalue weighted by Crippen LogP contribution is 2.21. The highest BCUT2D eigenvalue weighted by Gasteiger charge is 2.19. The Hall–Kier alpha value is -2.13. The molecule has 3 nitrogen and oxygen atoms in total. The van der Waals surface area contributed by atoms with Crippen molar-refractivity contribution in [3.05, 3.63) is 59.9 Å². The second kappa shape index (κ2) is 5.88. The number of hydrogen-bond donors (Lipinski definition) is 1. The second-order valence-electron chi connectivity index (χ2n) is 5.09. The summed E-state index contributed by atoms with van der Waals surface area (Å²) in [6, 6.07) is 12.4. The minimum atomic E-state index is -0.179. The maximum atomic E-state index is 9.57. The zero-order chi connectivity index (χ0) is 13.8. The Morgan fingerprint density at radius 2 is 1.65 bits per heavy atom. The Labute approximate surface area is 119 Å². The lowest BCUT2D eigenvalue weighted by Gasteiger charge is -2.17. The molecule has 0 bridgehead atoms. The summed E-state index contributed by atoms with van der Waals surface area (Å²) in [5, 5.41) is 9.57. The molecule has 102 valence electrons. The van der Waals surface area contributed by atoms with E-state index in [9.17, 15) is 5.11 Å². The second-order valence-corrected chi connectivity index (χ2v) is 5.09. The van der Waals surface area contributed by atoms with Crippen LogP contribution in [0, 0.1) is 0 Å². The number of anilines is 1. The van der Waals surface area contributed by atoms with Crippen molar-refractivity contribution in [1.29, 1.82) is 0 Å². The summed E-state index contributed by atoms with van der Waals surface area (Å²) in [7, 11) is 0. The summed E-state index contributed by atoms with van der Waals surface area (Å²) >= 11 is 0. The molecule has 1 unspecified atom stereocenters. The van der Waals surface area contributed by atoms with E-state index in [2.05, 4.69) is 46.3 Å². The number of hydrogen-bond acceptors (Lipinski definition) is 3. The molecule has 1 saturated heterocycles. The Morgan fingerprint density at radius 3 is 2.25 bits per heavy atom. The van der Waals surface area contributed by atoms with Gasteiger partial charge in [0.2, 0.25) is 0 Å². The van der Waals surface area contributed by atoms with E-state index in [0.29, 0.717) is 0 Å². The standard InChI is InChI=1S/C17H18N2O/c20-17-9-12-19(13-17)16-5-3-14(4-6-16)1-2-15-7-10-18-11-8-15/h1-8,10-11,17,20H,9,12-13H2/b2-1+. The van der Waals surface area contributed by atoms with Gasteiger partial charge in [0.15, 0.2) is 0 Å². The summed E-state index contributed by atoms with van der Waals surface area (Å²) in [4.78, 5) is 6.23. The van der Waals surface area contributed by atoms with Gasteiger partial charge in [-0.3, -0.25) is 4.98 Å². The van der Waals surface area contributed by atoms with Gasteiger partial charge in [0.25, 0.3) is 0 Å². The normalized spacial score (nSPS) is 18.9. The van der Waals surface area contributed by atoms with Crippen molar-refractivity contribution in [2.75, 3.05) is 18.0 Å². The van der Waals surface area contributed by atoms with Gasteiger partial charge in [0.1, 0.15) is 0 Å². The fourth-order valence-corrected chi connectivity index (χ4v) is 2.44. The van der Waals surface area contributed by atoms with E-state index < -0.39 is 0 Å². The van der Waals surface area contributed by atoms with Crippen LogP contribution in [0.3, 0.4) is 0 Å². The Morgan fingerprint density at radius 1 is 1.00 bits per heavy atom. The summed E-state index contributed by atoms with van der Waals surface area (Å²) in [5.41, 5.74) is 3.50. The van der Waals surface area contributed by atoms with Crippen LogP contribution in [-0.2, 0) is 0 Å². The lowest BCUT2D eigenvalue weighted by Crippen LogP contribution is -2.20. The van der Waals surface area contributed by atoms with Gasteiger partial charge < -0.3 is 10.0 Å². The van der Waals surface area contributed by atoms with E-state index in [1.54, 1.807) is 12.4 Å². The van der Waals surface area contributed by atoms with Crippen LogP contribution < -0.4 is 4.90 Å². The molecule has 2 heterocycles. The monoisotopic (exact) mass is 266 g/mol. The lowest BCUT2D eigenvalue weighted by atomic mass is 10.1. The Kier molecular flexibility index (Phi) is 3.79. The average molecular weight is 266 g/mol. The molecule has 1 atom stereocenters. The molecule has 0 saturated carbocycles. The molecule has 20 heavy (non-hydrogen) atoms. The zero-order valence-electron chi connectivity index (χ0n) is 11.3. The van der Waals surface area contributed by atoms with Crippen molar-refractivity contribution in [3.63, 3.8) is 0 Å². The molecule has 1 fully saturated rings. The molecule has 1 aromatic heterocycles. The molecule has 0 spiro atoms. The predicted octanol–water partition coefficient (Wildman–Crippen LogP) is 2.82. The summed E-state index contributed by atoms with van der Waals surface area (Å²) in [5.74, 6) is 0. The van der Waals surface area contributed by atoms with E-state index in [1.165, 1.54) is 11.3 Å². The first-order chi connectivity index (χ1) is 9.81. The molecule has 1 aliphatic rings. The van der Waals surface area contributed by atoms with E-state index in [1.807, 2.05) is 12.1 Å². The molecular weight excluding hydrogens is 248 g/mol. The number of β-amino-alcohol motifs (C(OH)–C–C–N with tert-alkyl or cyclic N) is 1. The summed E-state index contributed by atoms with van der Waals surface area (Å²) in [6.45, 7) is 1.68. The molecular formula is C17H18N2O. The molecule has 1 N–H and O–H groups in total. The van der Waals surface area contributed by atoms with E-state index in [0.717, 1.165) is 25.1 Å². The van der Waals surface area contributed by atoms with Crippen LogP contribution in [0.4, 0.5) is 5.69 Å². The lowest BCUT2D eigenvalue weighted by molar-refractivity contribution is 0.198. The van der Waals surface area contributed by atoms with Crippen LogP contribution in [0.1, 0.15) is 17.5 Å². The van der Waals surface area contributed by atoms with Crippen molar-refractivity contribution >= 4 is 17.8 Å². The zero-order valence-corrected chi connectivity index (χ0v) is 11.3. The molecule has 1 aromatic carbocycles. The summed E-state index contributed by atoms with van der Waals surface area (Å²) in [6.07, 6.45) is 8.45. The van der Waals surface area contributed by atoms with E-state index >= 15 is 0 Å². The Balaban J connectivity index is 1.69. The molecule has 0 amide bonds. The van der Waals surface area contributed by atoms with Crippen LogP contribution in [0.25, 0.3) is 12.2 Å². The molecule has 3 heteroatoms. The highest BCUT2D eigenvalue weighted by molar-refractivity contribution is 5.70. The predicted molar refractivity (Wildman–Crippen MR) is 82.4 cm³/mol. The minimum absolute atomic E-state index is 0.179. The van der Waals surface area contributed by atoms with Gasteiger partial charge in [0, 0.05) is 31.2 Å². The van der Waals surface area contributed by atoms with E-state index in [4.69, 9.17) is 0 Å². The Bertz CT molecular complexity index is 578. The van der Waals surface area contributed by atoms with Gasteiger partial charge in [-0.15, -0.1) is 0 Å². The number of benzene rings is 1. The van der Waals surface area contributed by atoms with Gasteiger partial charge >= 0.3 is 0 Å². The number of aliphatic hydroxyl groups is 1. The molecule has 1 aliphatic heterocycles. The first kappa shape index (κ1) is 12.9. The first-order valence-electron chi connectivity index (χ1n) is 6.92. The molecule has 2 aromatic rings. The van der Waals surface area contributed by atoms with Crippen molar-refractivity contribution in [3.8, 4) is 0 Å². The van der Waals surface area contributed by atoms with Gasteiger partial charge in [-0.2, -0.15) is 0 Å². The molecule has 0 radical (unpaired) electrons. The number of pyridine rings is 1. The smallest absolute Gasteiger partial charge is 0.0731 e. The number of nitrogens with zero attached hydrogens (tertiary/aromatic N) is 2. The summed E-state index contributed by atoms with van der Waals surface area (Å²) < 4.78 is 0. The number of aliphatic hydroxyl groups excluding tert-OH is 1. The van der Waals surface area contributed by atoms with Crippen molar-refractivity contribution < 1.29 is 5.11 Å². The average Bonchev–Trinajstić information content (AvgIpc) is 2.93. The van der Waals surface area contributed by atoms with Gasteiger partial charge in [-0.1, -0.05) is 24.3 Å². The quantitative estimate of drug-likeness (QED) is 0.928. The highest BCUT2D eigenvalue weighted by atomic mass is 16.3. The topological polar surface area (TPSA) is 36.4 Å². The fraction of sp³-hybridized carbons (Fsp3) is 0.235. The maximum Gasteiger partial charge on any atom is 0.0731 e. The third-order valence-corrected chi connectivity index (χ3v) is 3.60. The van der Waals surface area contributed by atoms with Crippen LogP contribution in [0.15, 0.2) is 48.8 Å². The first-order valence-corrected chi connectivity index (χ1v) is 6.92. The van der Waals surface area contributed by atoms with Crippen LogP contribution in [0.2, 0.25) is 0 Å². The third kappa shape index (κ3) is 3.06. The molecule has 0 aliphatic carbocycles. The third-order valence-electron chi connectivity index (χ3n) is 3.60. The van der Waals surface area contributed by atoms with Gasteiger partial charge in [-0.05, 0) is 41.8 Å². The number of aromatic nitrogens is 1. The van der Waals surface area contributed by atoms with Crippen LogP contribution >= 0.6 is 0 Å². The van der Waals surface area contributed by atoms with Crippen LogP contribution in [0.5, 0.6) is 0 Å². The largest absolute Gasteiger partial charge is 0.391 e. The maximum absolute atomic E-state index is 9.57. The molecule has 3 rings (SSSR count). The van der Waals surface area contributed by atoms with Crippen molar-refractivity contribution in [2.45, 2.75) is 12.5 Å². The van der Waals surface area contributed by atoms with Gasteiger partial charge in [-0.25, -0.2) is 0 Å². The van der Waals surface area contributed by atoms with Crippen molar-refractivity contribution in [2.24, 2.45) is 0 Å². The van der Waals surface area contributed by atoms with Crippen molar-refractivity contribution in [1.82, 2.24) is 4.98 Å². The fourth-order valence-electron chi connectivity index (χ4n) is 2.44. The van der Waals surface area contributed by atoms with Crippen LogP contribution in [-0.4, -0.2) is 29.3 Å². The van der Waals surface area contributed by atoms with E-state index in [-0.39, 0.29) is 6.10 Å². The minimum Gasteiger partial charge on any atom is -0.391 e.